The van der Waals surface area contributed by atoms with E-state index < -0.39 is 29.6 Å². The van der Waals surface area contributed by atoms with Crippen LogP contribution in [0.25, 0.3) is 5.78 Å². The van der Waals surface area contributed by atoms with Crippen molar-refractivity contribution in [2.24, 2.45) is 0 Å². The number of alkyl halides is 3. The molecule has 2 N–H and O–H groups in total. The Labute approximate surface area is 168 Å². The molecule has 0 bridgehead atoms. The van der Waals surface area contributed by atoms with Crippen molar-refractivity contribution in [3.8, 4) is 5.75 Å². The van der Waals surface area contributed by atoms with Crippen LogP contribution in [-0.4, -0.2) is 36.7 Å². The Morgan fingerprint density at radius 2 is 1.97 bits per heavy atom. The maximum atomic E-state index is 14.3. The quantitative estimate of drug-likeness (QED) is 0.582. The zero-order valence-electron chi connectivity index (χ0n) is 16.1. The summed E-state index contributed by atoms with van der Waals surface area (Å²) in [5.41, 5.74) is -0.352. The van der Waals surface area contributed by atoms with Crippen molar-refractivity contribution < 1.29 is 27.4 Å². The number of nitrogens with zero attached hydrogens (tertiary/aromatic N) is 4. The summed E-state index contributed by atoms with van der Waals surface area (Å²) in [6.45, 7) is 3.01. The molecular weight excluding hydrogens is 406 g/mol. The lowest BCUT2D eigenvalue weighted by molar-refractivity contribution is -0.275. The minimum absolute atomic E-state index is 0.229. The molecule has 1 aromatic carbocycles. The van der Waals surface area contributed by atoms with Gasteiger partial charge in [0.15, 0.2) is 11.6 Å². The molecule has 1 saturated carbocycles. The summed E-state index contributed by atoms with van der Waals surface area (Å²) in [4.78, 5) is 8.57. The highest BCUT2D eigenvalue weighted by molar-refractivity contribution is 5.49. The SMILES string of the molecule is CC(C)(O)C(Nc1cc(C2CC2)nc2ncnn12)c1ccc(OC(F)(F)F)c(F)c1. The normalized spacial score (nSPS) is 16.0. The third kappa shape index (κ3) is 4.30. The average Bonchev–Trinajstić information content (AvgIpc) is 3.37. The van der Waals surface area contributed by atoms with Gasteiger partial charge in [-0.25, -0.2) is 9.37 Å². The Balaban J connectivity index is 1.71. The highest BCUT2D eigenvalue weighted by atomic mass is 19.4. The fraction of sp³-hybridized carbons (Fsp3) is 0.421. The Kier molecular flexibility index (Phi) is 4.80. The molecule has 0 aliphatic heterocycles. The van der Waals surface area contributed by atoms with Crippen molar-refractivity contribution in [3.05, 3.63) is 47.7 Å². The second-order valence-corrected chi connectivity index (χ2v) is 7.78. The molecule has 0 amide bonds. The van der Waals surface area contributed by atoms with Crippen molar-refractivity contribution >= 4 is 11.6 Å². The van der Waals surface area contributed by atoms with Crippen molar-refractivity contribution in [2.75, 3.05) is 5.32 Å². The molecule has 4 rings (SSSR count). The third-order valence-corrected chi connectivity index (χ3v) is 4.78. The number of halogens is 4. The first-order valence-corrected chi connectivity index (χ1v) is 9.26. The van der Waals surface area contributed by atoms with Gasteiger partial charge in [0.2, 0.25) is 0 Å². The molecule has 1 unspecified atom stereocenters. The van der Waals surface area contributed by atoms with Crippen LogP contribution in [0.3, 0.4) is 0 Å². The van der Waals surface area contributed by atoms with E-state index in [0.29, 0.717) is 17.5 Å². The first-order valence-electron chi connectivity index (χ1n) is 9.26. The minimum atomic E-state index is -5.01. The average molecular weight is 425 g/mol. The zero-order chi connectivity index (χ0) is 21.7. The predicted octanol–water partition coefficient (Wildman–Crippen LogP) is 3.96. The van der Waals surface area contributed by atoms with E-state index in [0.717, 1.165) is 30.7 Å². The van der Waals surface area contributed by atoms with Gasteiger partial charge in [0.05, 0.1) is 17.3 Å². The molecule has 0 radical (unpaired) electrons. The van der Waals surface area contributed by atoms with Gasteiger partial charge in [0.1, 0.15) is 12.1 Å². The van der Waals surface area contributed by atoms with Crippen LogP contribution in [0.5, 0.6) is 5.75 Å². The summed E-state index contributed by atoms with van der Waals surface area (Å²) in [7, 11) is 0. The van der Waals surface area contributed by atoms with Gasteiger partial charge in [-0.05, 0) is 44.4 Å². The lowest BCUT2D eigenvalue weighted by atomic mass is 9.91. The minimum Gasteiger partial charge on any atom is -0.403 e. The highest BCUT2D eigenvalue weighted by Gasteiger charge is 2.34. The third-order valence-electron chi connectivity index (χ3n) is 4.78. The summed E-state index contributed by atoms with van der Waals surface area (Å²) >= 11 is 0. The molecule has 2 heterocycles. The van der Waals surface area contributed by atoms with E-state index in [1.165, 1.54) is 30.8 Å². The van der Waals surface area contributed by atoms with E-state index in [1.807, 2.05) is 0 Å². The van der Waals surface area contributed by atoms with Crippen molar-refractivity contribution in [1.29, 1.82) is 0 Å². The molecule has 2 aromatic heterocycles. The molecule has 1 aliphatic rings. The first-order chi connectivity index (χ1) is 14.0. The van der Waals surface area contributed by atoms with Crippen LogP contribution < -0.4 is 10.1 Å². The number of aromatic nitrogens is 4. The van der Waals surface area contributed by atoms with Gasteiger partial charge in [0.25, 0.3) is 5.78 Å². The van der Waals surface area contributed by atoms with E-state index in [4.69, 9.17) is 0 Å². The van der Waals surface area contributed by atoms with E-state index >= 15 is 0 Å². The number of aliphatic hydroxyl groups is 1. The van der Waals surface area contributed by atoms with Crippen LogP contribution in [-0.2, 0) is 0 Å². The molecule has 1 aliphatic carbocycles. The molecule has 1 atom stereocenters. The number of anilines is 1. The molecule has 0 saturated heterocycles. The smallest absolute Gasteiger partial charge is 0.403 e. The van der Waals surface area contributed by atoms with E-state index in [2.05, 4.69) is 25.1 Å². The highest BCUT2D eigenvalue weighted by Crippen LogP contribution is 2.40. The van der Waals surface area contributed by atoms with Gasteiger partial charge >= 0.3 is 6.36 Å². The number of fused-ring (bicyclic) bond motifs is 1. The molecule has 1 fully saturated rings. The first kappa shape index (κ1) is 20.3. The predicted molar refractivity (Wildman–Crippen MR) is 98.5 cm³/mol. The number of rotatable bonds is 6. The van der Waals surface area contributed by atoms with Crippen molar-refractivity contribution in [1.82, 2.24) is 19.6 Å². The number of ether oxygens (including phenoxy) is 1. The molecule has 0 spiro atoms. The van der Waals surface area contributed by atoms with Crippen LogP contribution >= 0.6 is 0 Å². The molecular formula is C19H19F4N5O2. The number of benzene rings is 1. The second-order valence-electron chi connectivity index (χ2n) is 7.78. The lowest BCUT2D eigenvalue weighted by Gasteiger charge is -2.31. The van der Waals surface area contributed by atoms with Crippen LogP contribution in [0.1, 0.15) is 49.9 Å². The van der Waals surface area contributed by atoms with E-state index in [9.17, 15) is 22.7 Å². The van der Waals surface area contributed by atoms with E-state index in [1.54, 1.807) is 6.07 Å². The van der Waals surface area contributed by atoms with Gasteiger partial charge in [0, 0.05) is 12.0 Å². The summed E-state index contributed by atoms with van der Waals surface area (Å²) in [6, 6.07) is 3.95. The van der Waals surface area contributed by atoms with Crippen LogP contribution in [0, 0.1) is 5.82 Å². The summed E-state index contributed by atoms with van der Waals surface area (Å²) in [5.74, 6) is -0.970. The summed E-state index contributed by atoms with van der Waals surface area (Å²) in [6.07, 6.45) is -1.65. The Hall–Kier alpha value is -2.95. The standard InChI is InChI=1S/C19H19F4N5O2/c1-18(2,29)16(11-5-6-14(12(20)7-11)30-19(21,22)23)27-15-8-13(10-3-4-10)26-17-24-9-25-28(15)17/h5-10,16,27,29H,3-4H2,1-2H3. The Morgan fingerprint density at radius 3 is 2.57 bits per heavy atom. The number of nitrogens with one attached hydrogen (secondary N) is 1. The van der Waals surface area contributed by atoms with Crippen molar-refractivity contribution in [3.63, 3.8) is 0 Å². The summed E-state index contributed by atoms with van der Waals surface area (Å²) < 4.78 is 56.7. The fourth-order valence-electron chi connectivity index (χ4n) is 3.24. The summed E-state index contributed by atoms with van der Waals surface area (Å²) in [5, 5.41) is 17.9. The van der Waals surface area contributed by atoms with Crippen LogP contribution in [0.4, 0.5) is 23.4 Å². The lowest BCUT2D eigenvalue weighted by Crippen LogP contribution is -2.35. The molecule has 30 heavy (non-hydrogen) atoms. The van der Waals surface area contributed by atoms with Crippen LogP contribution in [0.2, 0.25) is 0 Å². The maximum Gasteiger partial charge on any atom is 0.573 e. The number of hydrogen-bond acceptors (Lipinski definition) is 6. The molecule has 7 nitrogen and oxygen atoms in total. The van der Waals surface area contributed by atoms with Gasteiger partial charge in [-0.3, -0.25) is 0 Å². The van der Waals surface area contributed by atoms with Gasteiger partial charge in [-0.15, -0.1) is 13.2 Å². The fourth-order valence-corrected chi connectivity index (χ4v) is 3.24. The molecule has 160 valence electrons. The number of hydrogen-bond donors (Lipinski definition) is 2. The second kappa shape index (κ2) is 7.08. The van der Waals surface area contributed by atoms with Crippen LogP contribution in [0.15, 0.2) is 30.6 Å². The topological polar surface area (TPSA) is 84.6 Å². The molecule has 11 heteroatoms. The Morgan fingerprint density at radius 1 is 1.23 bits per heavy atom. The zero-order valence-corrected chi connectivity index (χ0v) is 16.1. The van der Waals surface area contributed by atoms with Gasteiger partial charge in [-0.2, -0.15) is 14.6 Å². The van der Waals surface area contributed by atoms with Gasteiger partial charge in [-0.1, -0.05) is 6.07 Å². The van der Waals surface area contributed by atoms with E-state index in [-0.39, 0.29) is 5.56 Å². The largest absolute Gasteiger partial charge is 0.573 e. The van der Waals surface area contributed by atoms with Gasteiger partial charge < -0.3 is 15.2 Å². The van der Waals surface area contributed by atoms with Crippen molar-refractivity contribution in [2.45, 2.75) is 50.6 Å². The maximum absolute atomic E-state index is 14.3. The monoisotopic (exact) mass is 425 g/mol. The molecule has 3 aromatic rings. The Bertz CT molecular complexity index is 1070.